The molecule has 0 bridgehead atoms. The summed E-state index contributed by atoms with van der Waals surface area (Å²) in [4.78, 5) is 14.9. The first kappa shape index (κ1) is 16.1. The van der Waals surface area contributed by atoms with Gasteiger partial charge in [0, 0.05) is 25.4 Å². The lowest BCUT2D eigenvalue weighted by atomic mass is 10.0. The molecule has 5 heteroatoms. The minimum absolute atomic E-state index is 0.0766. The molecule has 3 aliphatic rings. The number of para-hydroxylation sites is 1. The molecule has 1 N–H and O–H groups in total. The Morgan fingerprint density at radius 3 is 2.96 bits per heavy atom. The highest BCUT2D eigenvalue weighted by Gasteiger charge is 2.33. The summed E-state index contributed by atoms with van der Waals surface area (Å²) in [5.74, 6) is 0.885. The molecule has 24 heavy (non-hydrogen) atoms. The SMILES string of the molecule is O=C1Nc2ccccc2CC[C@@H]1N1CCO[C@@H](COCC2CC2)C1. The molecule has 2 fully saturated rings. The molecule has 2 atom stereocenters. The quantitative estimate of drug-likeness (QED) is 0.898. The molecule has 1 saturated carbocycles. The van der Waals surface area contributed by atoms with Crippen LogP contribution in [0.15, 0.2) is 24.3 Å². The molecule has 130 valence electrons. The van der Waals surface area contributed by atoms with E-state index in [4.69, 9.17) is 9.47 Å². The largest absolute Gasteiger partial charge is 0.378 e. The maximum Gasteiger partial charge on any atom is 0.241 e. The fourth-order valence-corrected chi connectivity index (χ4v) is 3.62. The Morgan fingerprint density at radius 2 is 2.08 bits per heavy atom. The van der Waals surface area contributed by atoms with Gasteiger partial charge in [-0.2, -0.15) is 0 Å². The Bertz CT molecular complexity index is 588. The molecule has 4 rings (SSSR count). The van der Waals surface area contributed by atoms with E-state index in [1.165, 1.54) is 18.4 Å². The highest BCUT2D eigenvalue weighted by molar-refractivity contribution is 5.96. The predicted molar refractivity (Wildman–Crippen MR) is 92.0 cm³/mol. The van der Waals surface area contributed by atoms with E-state index < -0.39 is 0 Å². The third kappa shape index (κ3) is 3.79. The number of hydrogen-bond acceptors (Lipinski definition) is 4. The Balaban J connectivity index is 1.35. The second kappa shape index (κ2) is 7.21. The van der Waals surface area contributed by atoms with Gasteiger partial charge in [-0.15, -0.1) is 0 Å². The molecular weight excluding hydrogens is 304 g/mol. The second-order valence-electron chi connectivity index (χ2n) is 7.17. The molecule has 5 nitrogen and oxygen atoms in total. The zero-order valence-electron chi connectivity index (χ0n) is 14.1. The molecule has 0 unspecified atom stereocenters. The fourth-order valence-electron chi connectivity index (χ4n) is 3.62. The minimum atomic E-state index is -0.0766. The number of carbonyl (C=O) groups excluding carboxylic acids is 1. The lowest BCUT2D eigenvalue weighted by Gasteiger charge is -2.37. The lowest BCUT2D eigenvalue weighted by molar-refractivity contribution is -0.127. The van der Waals surface area contributed by atoms with E-state index in [0.29, 0.717) is 13.2 Å². The number of ether oxygens (including phenoxy) is 2. The fraction of sp³-hybridized carbons (Fsp3) is 0.632. The lowest BCUT2D eigenvalue weighted by Crippen LogP contribution is -2.52. The van der Waals surface area contributed by atoms with Crippen molar-refractivity contribution in [3.63, 3.8) is 0 Å². The summed E-state index contributed by atoms with van der Waals surface area (Å²) in [6.45, 7) is 3.77. The minimum Gasteiger partial charge on any atom is -0.378 e. The van der Waals surface area contributed by atoms with Crippen molar-refractivity contribution < 1.29 is 14.3 Å². The summed E-state index contributed by atoms with van der Waals surface area (Å²) in [5.41, 5.74) is 2.19. The summed E-state index contributed by atoms with van der Waals surface area (Å²) in [7, 11) is 0. The van der Waals surface area contributed by atoms with Crippen molar-refractivity contribution in [3.05, 3.63) is 29.8 Å². The van der Waals surface area contributed by atoms with Crippen LogP contribution >= 0.6 is 0 Å². The van der Waals surface area contributed by atoms with Crippen molar-refractivity contribution in [1.29, 1.82) is 0 Å². The number of morpholine rings is 1. The number of aryl methyl sites for hydroxylation is 1. The number of amides is 1. The molecule has 1 amide bonds. The molecule has 0 spiro atoms. The van der Waals surface area contributed by atoms with Crippen LogP contribution in [0, 0.1) is 5.92 Å². The van der Waals surface area contributed by atoms with E-state index in [1.807, 2.05) is 18.2 Å². The standard InChI is InChI=1S/C19H26N2O3/c22-19-18(8-7-15-3-1-2-4-17(15)20-19)21-9-10-24-16(11-21)13-23-12-14-5-6-14/h1-4,14,16,18H,5-13H2,(H,20,22)/t16-,18+/m1/s1. The molecule has 1 aromatic carbocycles. The zero-order chi connectivity index (χ0) is 16.4. The van der Waals surface area contributed by atoms with Gasteiger partial charge in [0.2, 0.25) is 5.91 Å². The van der Waals surface area contributed by atoms with Crippen LogP contribution in [0.3, 0.4) is 0 Å². The maximum absolute atomic E-state index is 12.7. The number of hydrogen-bond donors (Lipinski definition) is 1. The van der Waals surface area contributed by atoms with Crippen molar-refractivity contribution in [3.8, 4) is 0 Å². The first-order valence-corrected chi connectivity index (χ1v) is 9.12. The van der Waals surface area contributed by atoms with Gasteiger partial charge < -0.3 is 14.8 Å². The van der Waals surface area contributed by atoms with Gasteiger partial charge in [0.15, 0.2) is 0 Å². The van der Waals surface area contributed by atoms with Crippen LogP contribution < -0.4 is 5.32 Å². The number of nitrogens with one attached hydrogen (secondary N) is 1. The Hall–Kier alpha value is -1.43. The summed E-state index contributed by atoms with van der Waals surface area (Å²) in [5, 5.41) is 3.10. The van der Waals surface area contributed by atoms with E-state index in [-0.39, 0.29) is 18.1 Å². The Labute approximate surface area is 143 Å². The summed E-state index contributed by atoms with van der Waals surface area (Å²) >= 11 is 0. The number of fused-ring (bicyclic) bond motifs is 1. The average molecular weight is 330 g/mol. The monoisotopic (exact) mass is 330 g/mol. The van der Waals surface area contributed by atoms with E-state index in [2.05, 4.69) is 16.3 Å². The molecule has 1 aliphatic carbocycles. The molecule has 0 radical (unpaired) electrons. The van der Waals surface area contributed by atoms with Gasteiger partial charge in [0.05, 0.1) is 25.4 Å². The van der Waals surface area contributed by atoms with Gasteiger partial charge in [-0.3, -0.25) is 9.69 Å². The number of anilines is 1. The number of rotatable bonds is 5. The van der Waals surface area contributed by atoms with E-state index in [0.717, 1.165) is 44.1 Å². The van der Waals surface area contributed by atoms with Gasteiger partial charge in [0.25, 0.3) is 0 Å². The summed E-state index contributed by atoms with van der Waals surface area (Å²) in [6.07, 6.45) is 4.48. The second-order valence-corrected chi connectivity index (χ2v) is 7.17. The molecule has 2 aliphatic heterocycles. The molecule has 1 saturated heterocycles. The number of carbonyl (C=O) groups is 1. The third-order valence-electron chi connectivity index (χ3n) is 5.23. The van der Waals surface area contributed by atoms with Gasteiger partial charge >= 0.3 is 0 Å². The summed E-state index contributed by atoms with van der Waals surface area (Å²) in [6, 6.07) is 8.02. The zero-order valence-corrected chi connectivity index (χ0v) is 14.1. The highest BCUT2D eigenvalue weighted by atomic mass is 16.5. The van der Waals surface area contributed by atoms with Crippen LogP contribution in [-0.4, -0.2) is 55.9 Å². The van der Waals surface area contributed by atoms with Crippen LogP contribution in [0.2, 0.25) is 0 Å². The van der Waals surface area contributed by atoms with Crippen molar-refractivity contribution in [2.24, 2.45) is 5.92 Å². The number of nitrogens with zero attached hydrogens (tertiary/aromatic N) is 1. The first-order chi connectivity index (χ1) is 11.8. The first-order valence-electron chi connectivity index (χ1n) is 9.12. The van der Waals surface area contributed by atoms with Crippen molar-refractivity contribution in [1.82, 2.24) is 4.90 Å². The van der Waals surface area contributed by atoms with Crippen molar-refractivity contribution in [2.45, 2.75) is 37.8 Å². The number of benzene rings is 1. The van der Waals surface area contributed by atoms with Crippen LogP contribution in [0.4, 0.5) is 5.69 Å². The molecule has 2 heterocycles. The summed E-state index contributed by atoms with van der Waals surface area (Å²) < 4.78 is 11.6. The van der Waals surface area contributed by atoms with Crippen LogP contribution in [0.1, 0.15) is 24.8 Å². The van der Waals surface area contributed by atoms with E-state index in [9.17, 15) is 4.79 Å². The van der Waals surface area contributed by atoms with Crippen LogP contribution in [0.5, 0.6) is 0 Å². The van der Waals surface area contributed by atoms with Gasteiger partial charge in [-0.25, -0.2) is 0 Å². The Morgan fingerprint density at radius 1 is 1.21 bits per heavy atom. The van der Waals surface area contributed by atoms with Crippen molar-refractivity contribution >= 4 is 11.6 Å². The van der Waals surface area contributed by atoms with Gasteiger partial charge in [0.1, 0.15) is 0 Å². The topological polar surface area (TPSA) is 50.8 Å². The Kier molecular flexibility index (Phi) is 4.83. The van der Waals surface area contributed by atoms with Crippen LogP contribution in [-0.2, 0) is 20.7 Å². The van der Waals surface area contributed by atoms with Gasteiger partial charge in [-0.1, -0.05) is 18.2 Å². The predicted octanol–water partition coefficient (Wildman–Crippen LogP) is 2.07. The smallest absolute Gasteiger partial charge is 0.241 e. The van der Waals surface area contributed by atoms with E-state index in [1.54, 1.807) is 0 Å². The van der Waals surface area contributed by atoms with Crippen LogP contribution in [0.25, 0.3) is 0 Å². The molecular formula is C19H26N2O3. The normalized spacial score (nSPS) is 28.1. The average Bonchev–Trinajstić information content (AvgIpc) is 3.42. The third-order valence-corrected chi connectivity index (χ3v) is 5.23. The molecule has 1 aromatic rings. The maximum atomic E-state index is 12.7. The van der Waals surface area contributed by atoms with Gasteiger partial charge in [-0.05, 0) is 43.2 Å². The van der Waals surface area contributed by atoms with E-state index >= 15 is 0 Å². The molecule has 0 aromatic heterocycles. The van der Waals surface area contributed by atoms with Crippen molar-refractivity contribution in [2.75, 3.05) is 38.2 Å². The highest BCUT2D eigenvalue weighted by Crippen LogP contribution is 2.29.